The number of carbonyl (C=O) groups excluding carboxylic acids is 1. The molecule has 6 heteroatoms. The lowest BCUT2D eigenvalue weighted by molar-refractivity contribution is -0.122. The number of nitrogens with zero attached hydrogens (tertiary/aromatic N) is 1. The van der Waals surface area contributed by atoms with Crippen LogP contribution >= 0.6 is 11.8 Å². The Bertz CT molecular complexity index is 774. The van der Waals surface area contributed by atoms with Gasteiger partial charge in [0.05, 0.1) is 11.4 Å². The highest BCUT2D eigenvalue weighted by Gasteiger charge is 2.22. The zero-order chi connectivity index (χ0) is 19.9. The van der Waals surface area contributed by atoms with Crippen molar-refractivity contribution in [2.45, 2.75) is 30.8 Å². The first-order valence-corrected chi connectivity index (χ1v) is 10.9. The van der Waals surface area contributed by atoms with Crippen LogP contribution < -0.4 is 15.0 Å². The van der Waals surface area contributed by atoms with Crippen LogP contribution in [0.4, 0.5) is 11.4 Å². The Labute approximate surface area is 171 Å². The SMILES string of the molecule is CSc1ccc(O[C@@H](C)C(=O)Nc2ccccc2N2CCC(CO)CC2)cc1. The van der Waals surface area contributed by atoms with Crippen molar-refractivity contribution >= 4 is 29.0 Å². The van der Waals surface area contributed by atoms with E-state index in [-0.39, 0.29) is 12.5 Å². The molecule has 0 radical (unpaired) electrons. The van der Waals surface area contributed by atoms with E-state index in [4.69, 9.17) is 4.74 Å². The summed E-state index contributed by atoms with van der Waals surface area (Å²) in [6, 6.07) is 15.6. The summed E-state index contributed by atoms with van der Waals surface area (Å²) in [5.41, 5.74) is 1.81. The van der Waals surface area contributed by atoms with Gasteiger partial charge in [-0.1, -0.05) is 12.1 Å². The molecule has 0 unspecified atom stereocenters. The second-order valence-electron chi connectivity index (χ2n) is 7.06. The van der Waals surface area contributed by atoms with Crippen LogP contribution in [0.25, 0.3) is 0 Å². The predicted octanol–water partition coefficient (Wildman–Crippen LogP) is 4.02. The van der Waals surface area contributed by atoms with Crippen LogP contribution in [0.3, 0.4) is 0 Å². The second-order valence-corrected chi connectivity index (χ2v) is 7.93. The number of para-hydroxylation sites is 2. The number of hydrogen-bond donors (Lipinski definition) is 2. The van der Waals surface area contributed by atoms with Crippen LogP contribution in [0.15, 0.2) is 53.4 Å². The van der Waals surface area contributed by atoms with Crippen molar-refractivity contribution in [1.29, 1.82) is 0 Å². The van der Waals surface area contributed by atoms with Crippen molar-refractivity contribution in [3.05, 3.63) is 48.5 Å². The maximum atomic E-state index is 12.7. The number of amides is 1. The molecular weight excluding hydrogens is 372 g/mol. The van der Waals surface area contributed by atoms with Gasteiger partial charge in [-0.15, -0.1) is 11.8 Å². The predicted molar refractivity (Wildman–Crippen MR) is 115 cm³/mol. The Morgan fingerprint density at radius 1 is 1.21 bits per heavy atom. The number of aliphatic hydroxyl groups is 1. The van der Waals surface area contributed by atoms with Gasteiger partial charge in [0.1, 0.15) is 5.75 Å². The van der Waals surface area contributed by atoms with E-state index in [9.17, 15) is 9.90 Å². The van der Waals surface area contributed by atoms with Gasteiger partial charge in [-0.3, -0.25) is 4.79 Å². The quantitative estimate of drug-likeness (QED) is 0.688. The van der Waals surface area contributed by atoms with Crippen molar-refractivity contribution in [3.8, 4) is 5.75 Å². The lowest BCUT2D eigenvalue weighted by Gasteiger charge is -2.34. The summed E-state index contributed by atoms with van der Waals surface area (Å²) in [4.78, 5) is 16.1. The Hall–Kier alpha value is -2.18. The standard InChI is InChI=1S/C22H28N2O3S/c1-16(27-18-7-9-19(28-2)10-8-18)22(26)23-20-5-3-4-6-21(20)24-13-11-17(15-25)12-14-24/h3-10,16-17,25H,11-15H2,1-2H3,(H,23,26)/t16-/m0/s1. The average molecular weight is 401 g/mol. The first-order chi connectivity index (χ1) is 13.6. The highest BCUT2D eigenvalue weighted by molar-refractivity contribution is 7.98. The fourth-order valence-electron chi connectivity index (χ4n) is 3.36. The molecule has 2 aromatic carbocycles. The summed E-state index contributed by atoms with van der Waals surface area (Å²) >= 11 is 1.67. The number of anilines is 2. The molecular formula is C22H28N2O3S. The van der Waals surface area contributed by atoms with Gasteiger partial charge in [-0.05, 0) is 68.3 Å². The minimum atomic E-state index is -0.603. The van der Waals surface area contributed by atoms with Crippen LogP contribution in [0, 0.1) is 5.92 Å². The summed E-state index contributed by atoms with van der Waals surface area (Å²) in [6.45, 7) is 3.77. The number of hydrogen-bond acceptors (Lipinski definition) is 5. The lowest BCUT2D eigenvalue weighted by atomic mass is 9.97. The largest absolute Gasteiger partial charge is 0.481 e. The molecule has 2 N–H and O–H groups in total. The van der Waals surface area contributed by atoms with Crippen molar-refractivity contribution in [1.82, 2.24) is 0 Å². The summed E-state index contributed by atoms with van der Waals surface area (Å²) in [5, 5.41) is 12.4. The van der Waals surface area contributed by atoms with E-state index in [2.05, 4.69) is 10.2 Å². The van der Waals surface area contributed by atoms with E-state index in [1.54, 1.807) is 18.7 Å². The summed E-state index contributed by atoms with van der Waals surface area (Å²) in [7, 11) is 0. The summed E-state index contributed by atoms with van der Waals surface area (Å²) < 4.78 is 5.80. The molecule has 150 valence electrons. The molecule has 0 spiro atoms. The first kappa shape index (κ1) is 20.6. The number of benzene rings is 2. The number of carbonyl (C=O) groups is 1. The second kappa shape index (κ2) is 9.85. The third-order valence-corrected chi connectivity index (χ3v) is 5.86. The van der Waals surface area contributed by atoms with E-state index in [1.165, 1.54) is 0 Å². The maximum absolute atomic E-state index is 12.7. The van der Waals surface area contributed by atoms with E-state index in [0.717, 1.165) is 42.2 Å². The first-order valence-electron chi connectivity index (χ1n) is 9.67. The molecule has 1 amide bonds. The van der Waals surface area contributed by atoms with Crippen LogP contribution in [0.5, 0.6) is 5.75 Å². The molecule has 0 aromatic heterocycles. The van der Waals surface area contributed by atoms with Crippen LogP contribution in [0.1, 0.15) is 19.8 Å². The summed E-state index contributed by atoms with van der Waals surface area (Å²) in [5.74, 6) is 0.885. The van der Waals surface area contributed by atoms with Gasteiger partial charge in [0.2, 0.25) is 0 Å². The van der Waals surface area contributed by atoms with Gasteiger partial charge in [-0.25, -0.2) is 0 Å². The Morgan fingerprint density at radius 2 is 1.89 bits per heavy atom. The number of ether oxygens (including phenoxy) is 1. The Kier molecular flexibility index (Phi) is 7.23. The van der Waals surface area contributed by atoms with Gasteiger partial charge in [0, 0.05) is 24.6 Å². The van der Waals surface area contributed by atoms with Crippen molar-refractivity contribution in [2.75, 3.05) is 36.2 Å². The Balaban J connectivity index is 1.63. The highest BCUT2D eigenvalue weighted by Crippen LogP contribution is 2.30. The van der Waals surface area contributed by atoms with E-state index < -0.39 is 6.10 Å². The molecule has 1 fully saturated rings. The van der Waals surface area contributed by atoms with Crippen LogP contribution in [0.2, 0.25) is 0 Å². The molecule has 0 saturated carbocycles. The molecule has 28 heavy (non-hydrogen) atoms. The minimum absolute atomic E-state index is 0.174. The molecule has 0 bridgehead atoms. The third-order valence-electron chi connectivity index (χ3n) is 5.12. The molecule has 1 aliphatic rings. The fourth-order valence-corrected chi connectivity index (χ4v) is 3.77. The number of piperidine rings is 1. The van der Waals surface area contributed by atoms with E-state index in [0.29, 0.717) is 11.7 Å². The highest BCUT2D eigenvalue weighted by atomic mass is 32.2. The topological polar surface area (TPSA) is 61.8 Å². The van der Waals surface area contributed by atoms with Crippen molar-refractivity contribution in [3.63, 3.8) is 0 Å². The fraction of sp³-hybridized carbons (Fsp3) is 0.409. The van der Waals surface area contributed by atoms with E-state index in [1.807, 2.05) is 54.8 Å². The molecule has 0 aliphatic carbocycles. The van der Waals surface area contributed by atoms with Gasteiger partial charge < -0.3 is 20.1 Å². The Morgan fingerprint density at radius 3 is 2.54 bits per heavy atom. The summed E-state index contributed by atoms with van der Waals surface area (Å²) in [6.07, 6.45) is 3.35. The minimum Gasteiger partial charge on any atom is -0.481 e. The van der Waals surface area contributed by atoms with Crippen molar-refractivity contribution in [2.24, 2.45) is 5.92 Å². The van der Waals surface area contributed by atoms with Gasteiger partial charge >= 0.3 is 0 Å². The molecule has 2 aromatic rings. The smallest absolute Gasteiger partial charge is 0.265 e. The number of nitrogens with one attached hydrogen (secondary N) is 1. The zero-order valence-electron chi connectivity index (χ0n) is 16.4. The number of thioether (sulfide) groups is 1. The monoisotopic (exact) mass is 400 g/mol. The molecule has 3 rings (SSSR count). The van der Waals surface area contributed by atoms with Gasteiger partial charge in [0.25, 0.3) is 5.91 Å². The van der Waals surface area contributed by atoms with Gasteiger partial charge in [-0.2, -0.15) is 0 Å². The number of aliphatic hydroxyl groups excluding tert-OH is 1. The maximum Gasteiger partial charge on any atom is 0.265 e. The molecule has 1 saturated heterocycles. The zero-order valence-corrected chi connectivity index (χ0v) is 17.2. The van der Waals surface area contributed by atoms with Crippen molar-refractivity contribution < 1.29 is 14.6 Å². The van der Waals surface area contributed by atoms with Gasteiger partial charge in [0.15, 0.2) is 6.10 Å². The molecule has 1 aliphatic heterocycles. The van der Waals surface area contributed by atoms with E-state index >= 15 is 0 Å². The molecule has 1 heterocycles. The number of rotatable bonds is 7. The lowest BCUT2D eigenvalue weighted by Crippen LogP contribution is -2.36. The van der Waals surface area contributed by atoms with Crippen LogP contribution in [-0.4, -0.2) is 43.1 Å². The third kappa shape index (κ3) is 5.20. The molecule has 1 atom stereocenters. The normalized spacial score (nSPS) is 15.9. The van der Waals surface area contributed by atoms with Crippen LogP contribution in [-0.2, 0) is 4.79 Å². The average Bonchev–Trinajstić information content (AvgIpc) is 2.74. The molecule has 5 nitrogen and oxygen atoms in total.